The molecule has 3 N–H and O–H groups in total. The first kappa shape index (κ1) is 17.0. The summed E-state index contributed by atoms with van der Waals surface area (Å²) < 4.78 is 1.46. The van der Waals surface area contributed by atoms with Crippen molar-refractivity contribution < 1.29 is 9.90 Å². The SMILES string of the molecule is O=C(Nc1cccc(S)c1)c1cc2ccc(=O)n(-c3ccc(O)cc3)c2[nH]1. The quantitative estimate of drug-likeness (QED) is 0.412. The second-order valence-corrected chi connectivity index (χ2v) is 6.53. The number of benzene rings is 2. The summed E-state index contributed by atoms with van der Waals surface area (Å²) in [5.74, 6) is -0.216. The van der Waals surface area contributed by atoms with Gasteiger partial charge in [0.25, 0.3) is 11.5 Å². The van der Waals surface area contributed by atoms with Crippen molar-refractivity contribution in [2.75, 3.05) is 5.32 Å². The number of hydrogen-bond acceptors (Lipinski definition) is 4. The number of nitrogens with one attached hydrogen (secondary N) is 2. The second-order valence-electron chi connectivity index (χ2n) is 6.01. The molecule has 6 nitrogen and oxygen atoms in total. The molecule has 0 atom stereocenters. The highest BCUT2D eigenvalue weighted by Gasteiger charge is 2.14. The van der Waals surface area contributed by atoms with Gasteiger partial charge in [-0.3, -0.25) is 14.2 Å². The smallest absolute Gasteiger partial charge is 0.272 e. The maximum absolute atomic E-state index is 12.6. The van der Waals surface area contributed by atoms with Crippen LogP contribution in [-0.2, 0) is 0 Å². The number of carbonyl (C=O) groups is 1. The van der Waals surface area contributed by atoms with Crippen molar-refractivity contribution in [1.29, 1.82) is 0 Å². The van der Waals surface area contributed by atoms with Gasteiger partial charge in [-0.2, -0.15) is 0 Å². The number of aromatic nitrogens is 2. The van der Waals surface area contributed by atoms with Crippen molar-refractivity contribution in [2.24, 2.45) is 0 Å². The molecular weight excluding hydrogens is 362 g/mol. The molecular formula is C20H15N3O3S. The maximum Gasteiger partial charge on any atom is 0.272 e. The molecule has 0 aliphatic rings. The molecule has 7 heteroatoms. The van der Waals surface area contributed by atoms with Gasteiger partial charge in [-0.25, -0.2) is 0 Å². The number of anilines is 1. The number of H-pyrrole nitrogens is 1. The summed E-state index contributed by atoms with van der Waals surface area (Å²) in [6, 6.07) is 18.2. The van der Waals surface area contributed by atoms with Gasteiger partial charge in [0.05, 0.1) is 5.69 Å². The minimum Gasteiger partial charge on any atom is -0.508 e. The molecule has 2 aromatic heterocycles. The molecule has 2 aromatic carbocycles. The molecule has 0 fully saturated rings. The molecule has 0 bridgehead atoms. The van der Waals surface area contributed by atoms with Crippen molar-refractivity contribution in [3.63, 3.8) is 0 Å². The Morgan fingerprint density at radius 1 is 1.04 bits per heavy atom. The highest BCUT2D eigenvalue weighted by molar-refractivity contribution is 7.80. The number of aromatic amines is 1. The summed E-state index contributed by atoms with van der Waals surface area (Å²) >= 11 is 4.26. The average Bonchev–Trinajstić information content (AvgIpc) is 3.07. The predicted molar refractivity (Wildman–Crippen MR) is 107 cm³/mol. The number of pyridine rings is 1. The fourth-order valence-corrected chi connectivity index (χ4v) is 3.11. The first-order chi connectivity index (χ1) is 13.0. The van der Waals surface area contributed by atoms with Crippen molar-refractivity contribution >= 4 is 35.3 Å². The fraction of sp³-hybridized carbons (Fsp3) is 0. The van der Waals surface area contributed by atoms with E-state index in [1.807, 2.05) is 6.07 Å². The Balaban J connectivity index is 1.76. The lowest BCUT2D eigenvalue weighted by Gasteiger charge is -2.07. The van der Waals surface area contributed by atoms with Gasteiger partial charge >= 0.3 is 0 Å². The molecule has 4 rings (SSSR count). The molecule has 0 unspecified atom stereocenters. The number of phenols is 1. The van der Waals surface area contributed by atoms with Crippen molar-refractivity contribution in [3.8, 4) is 11.4 Å². The van der Waals surface area contributed by atoms with Crippen molar-refractivity contribution in [2.45, 2.75) is 4.90 Å². The highest BCUT2D eigenvalue weighted by atomic mass is 32.1. The van der Waals surface area contributed by atoms with Crippen LogP contribution in [0.2, 0.25) is 0 Å². The van der Waals surface area contributed by atoms with Crippen molar-refractivity contribution in [3.05, 3.63) is 82.8 Å². The van der Waals surface area contributed by atoms with Crippen LogP contribution < -0.4 is 10.9 Å². The van der Waals surface area contributed by atoms with Crippen LogP contribution in [0.4, 0.5) is 5.69 Å². The third-order valence-electron chi connectivity index (χ3n) is 4.13. The lowest BCUT2D eigenvalue weighted by molar-refractivity contribution is 0.102. The van der Waals surface area contributed by atoms with E-state index >= 15 is 0 Å². The third kappa shape index (κ3) is 3.32. The van der Waals surface area contributed by atoms with Gasteiger partial charge in [-0.05, 0) is 54.6 Å². The van der Waals surface area contributed by atoms with Gasteiger partial charge in [0.1, 0.15) is 17.1 Å². The van der Waals surface area contributed by atoms with Gasteiger partial charge < -0.3 is 15.4 Å². The largest absolute Gasteiger partial charge is 0.508 e. The topological polar surface area (TPSA) is 87.1 Å². The van der Waals surface area contributed by atoms with E-state index in [4.69, 9.17) is 0 Å². The maximum atomic E-state index is 12.6. The second kappa shape index (κ2) is 6.69. The van der Waals surface area contributed by atoms with Crippen LogP contribution in [-0.4, -0.2) is 20.6 Å². The Labute approximate surface area is 159 Å². The van der Waals surface area contributed by atoms with Crippen LogP contribution in [0.25, 0.3) is 16.7 Å². The molecule has 1 amide bonds. The Morgan fingerprint density at radius 2 is 1.81 bits per heavy atom. The fourth-order valence-electron chi connectivity index (χ4n) is 2.88. The minimum absolute atomic E-state index is 0.108. The monoisotopic (exact) mass is 377 g/mol. The molecule has 0 saturated heterocycles. The molecule has 0 saturated carbocycles. The Kier molecular flexibility index (Phi) is 4.21. The van der Waals surface area contributed by atoms with Crippen LogP contribution in [0.3, 0.4) is 0 Å². The van der Waals surface area contributed by atoms with Gasteiger partial charge in [0.15, 0.2) is 0 Å². The number of aromatic hydroxyl groups is 1. The van der Waals surface area contributed by atoms with E-state index in [0.29, 0.717) is 22.7 Å². The van der Waals surface area contributed by atoms with E-state index in [1.165, 1.54) is 22.8 Å². The molecule has 0 aliphatic heterocycles. The number of carbonyl (C=O) groups excluding carboxylic acids is 1. The molecule has 0 spiro atoms. The number of nitrogens with zero attached hydrogens (tertiary/aromatic N) is 1. The first-order valence-electron chi connectivity index (χ1n) is 8.16. The Hall–Kier alpha value is -3.45. The minimum atomic E-state index is -0.324. The van der Waals surface area contributed by atoms with Gasteiger partial charge in [-0.15, -0.1) is 12.6 Å². The van der Waals surface area contributed by atoms with Crippen LogP contribution in [0.1, 0.15) is 10.5 Å². The predicted octanol–water partition coefficient (Wildman–Crippen LogP) is 3.57. The molecule has 0 aliphatic carbocycles. The summed E-state index contributed by atoms with van der Waals surface area (Å²) in [7, 11) is 0. The summed E-state index contributed by atoms with van der Waals surface area (Å²) in [6.07, 6.45) is 0. The van der Waals surface area contributed by atoms with Gasteiger partial charge in [0.2, 0.25) is 0 Å². The third-order valence-corrected chi connectivity index (χ3v) is 4.41. The zero-order chi connectivity index (χ0) is 19.0. The zero-order valence-electron chi connectivity index (χ0n) is 14.0. The summed E-state index contributed by atoms with van der Waals surface area (Å²) in [5.41, 5.74) is 1.79. The van der Waals surface area contributed by atoms with E-state index in [0.717, 1.165) is 10.3 Å². The summed E-state index contributed by atoms with van der Waals surface area (Å²) in [5, 5.41) is 13.0. The molecule has 4 aromatic rings. The zero-order valence-corrected chi connectivity index (χ0v) is 14.9. The first-order valence-corrected chi connectivity index (χ1v) is 8.60. The lowest BCUT2D eigenvalue weighted by Crippen LogP contribution is -2.17. The number of rotatable bonds is 3. The summed E-state index contributed by atoms with van der Waals surface area (Å²) in [4.78, 5) is 28.7. The van der Waals surface area contributed by atoms with Gasteiger partial charge in [-0.1, -0.05) is 6.07 Å². The average molecular weight is 377 g/mol. The standard InChI is InChI=1S/C20H15N3O3S/c24-15-7-5-14(6-8-15)23-18(25)9-4-12-10-17(22-19(12)23)20(26)21-13-2-1-3-16(27)11-13/h1-11,22,24,27H,(H,21,26). The highest BCUT2D eigenvalue weighted by Crippen LogP contribution is 2.20. The van der Waals surface area contributed by atoms with E-state index in [1.54, 1.807) is 42.5 Å². The number of hydrogen-bond donors (Lipinski definition) is 4. The van der Waals surface area contributed by atoms with E-state index in [9.17, 15) is 14.7 Å². The van der Waals surface area contributed by atoms with Gasteiger partial charge in [0, 0.05) is 22.0 Å². The number of fused-ring (bicyclic) bond motifs is 1. The van der Waals surface area contributed by atoms with Crippen LogP contribution in [0, 0.1) is 0 Å². The molecule has 27 heavy (non-hydrogen) atoms. The van der Waals surface area contributed by atoms with E-state index in [2.05, 4.69) is 22.9 Å². The molecule has 0 radical (unpaired) electrons. The van der Waals surface area contributed by atoms with Crippen molar-refractivity contribution in [1.82, 2.24) is 9.55 Å². The molecule has 2 heterocycles. The van der Waals surface area contributed by atoms with Crippen LogP contribution in [0.5, 0.6) is 5.75 Å². The Morgan fingerprint density at radius 3 is 2.56 bits per heavy atom. The van der Waals surface area contributed by atoms with E-state index < -0.39 is 0 Å². The summed E-state index contributed by atoms with van der Waals surface area (Å²) in [6.45, 7) is 0. The lowest BCUT2D eigenvalue weighted by atomic mass is 10.2. The number of phenolic OH excluding ortho intramolecular Hbond substituents is 1. The number of thiol groups is 1. The van der Waals surface area contributed by atoms with E-state index in [-0.39, 0.29) is 17.2 Å². The number of amides is 1. The Bertz CT molecular complexity index is 1210. The molecule has 134 valence electrons. The normalized spacial score (nSPS) is 10.9. The van der Waals surface area contributed by atoms with Crippen LogP contribution in [0.15, 0.2) is 76.4 Å². The van der Waals surface area contributed by atoms with Crippen LogP contribution >= 0.6 is 12.6 Å².